The fourth-order valence-electron chi connectivity index (χ4n) is 2.03. The number of hydrogen-bond donors (Lipinski definition) is 1. The molecule has 0 heterocycles. The molecule has 0 radical (unpaired) electrons. The quantitative estimate of drug-likeness (QED) is 0.829. The third-order valence-electron chi connectivity index (χ3n) is 3.00. The van der Waals surface area contributed by atoms with Crippen LogP contribution < -0.4 is 9.47 Å². The number of aliphatic hydroxyl groups excluding tert-OH is 1. The fourth-order valence-corrected chi connectivity index (χ4v) is 3.29. The van der Waals surface area contributed by atoms with Gasteiger partial charge in [0.15, 0.2) is 0 Å². The summed E-state index contributed by atoms with van der Waals surface area (Å²) in [5.74, 6) is 1.18. The van der Waals surface area contributed by atoms with E-state index in [0.29, 0.717) is 17.1 Å². The Labute approximate surface area is 134 Å². The van der Waals surface area contributed by atoms with E-state index in [1.54, 1.807) is 26.4 Å². The second-order valence-corrected chi connectivity index (χ2v) is 5.91. The SMILES string of the molecule is COc1cccc(OC)c1C(O)c1ccc(Br)cc1Br. The number of benzene rings is 2. The molecule has 0 spiro atoms. The van der Waals surface area contributed by atoms with E-state index in [9.17, 15) is 5.11 Å². The van der Waals surface area contributed by atoms with Crippen LogP contribution in [-0.4, -0.2) is 19.3 Å². The van der Waals surface area contributed by atoms with Crippen molar-refractivity contribution in [3.05, 3.63) is 56.5 Å². The molecule has 1 unspecified atom stereocenters. The Kier molecular flexibility index (Phi) is 5.07. The van der Waals surface area contributed by atoms with Gasteiger partial charge in [0, 0.05) is 8.95 Å². The van der Waals surface area contributed by atoms with Crippen molar-refractivity contribution in [3.8, 4) is 11.5 Å². The molecule has 0 aliphatic rings. The molecule has 2 aromatic carbocycles. The maximum absolute atomic E-state index is 10.7. The maximum Gasteiger partial charge on any atom is 0.128 e. The zero-order chi connectivity index (χ0) is 14.7. The Morgan fingerprint density at radius 3 is 2.10 bits per heavy atom. The summed E-state index contributed by atoms with van der Waals surface area (Å²) in [6.45, 7) is 0. The van der Waals surface area contributed by atoms with Gasteiger partial charge in [0.1, 0.15) is 17.6 Å². The molecule has 0 aromatic heterocycles. The third kappa shape index (κ3) is 3.00. The summed E-state index contributed by atoms with van der Waals surface area (Å²) in [5.41, 5.74) is 1.36. The van der Waals surface area contributed by atoms with Crippen LogP contribution in [0.3, 0.4) is 0 Å². The summed E-state index contributed by atoms with van der Waals surface area (Å²) in [6.07, 6.45) is -0.844. The van der Waals surface area contributed by atoms with Gasteiger partial charge >= 0.3 is 0 Å². The van der Waals surface area contributed by atoms with E-state index in [1.165, 1.54) is 0 Å². The maximum atomic E-state index is 10.7. The van der Waals surface area contributed by atoms with Gasteiger partial charge in [0.25, 0.3) is 0 Å². The second-order valence-electron chi connectivity index (χ2n) is 4.14. The molecular formula is C15H14Br2O3. The van der Waals surface area contributed by atoms with E-state index in [1.807, 2.05) is 24.3 Å². The van der Waals surface area contributed by atoms with Crippen LogP contribution in [0.15, 0.2) is 45.3 Å². The zero-order valence-electron chi connectivity index (χ0n) is 11.1. The first-order valence-corrected chi connectivity index (χ1v) is 7.51. The molecule has 20 heavy (non-hydrogen) atoms. The van der Waals surface area contributed by atoms with E-state index >= 15 is 0 Å². The molecule has 3 nitrogen and oxygen atoms in total. The van der Waals surface area contributed by atoms with Gasteiger partial charge in [-0.3, -0.25) is 0 Å². The summed E-state index contributed by atoms with van der Waals surface area (Å²) >= 11 is 6.86. The standard InChI is InChI=1S/C15H14Br2O3/c1-19-12-4-3-5-13(20-2)14(12)15(18)10-7-6-9(16)8-11(10)17/h3-8,15,18H,1-2H3. The van der Waals surface area contributed by atoms with Gasteiger partial charge in [-0.05, 0) is 29.8 Å². The van der Waals surface area contributed by atoms with Crippen molar-refractivity contribution in [2.45, 2.75) is 6.10 Å². The lowest BCUT2D eigenvalue weighted by molar-refractivity contribution is 0.208. The number of halogens is 2. The van der Waals surface area contributed by atoms with Crippen molar-refractivity contribution in [1.29, 1.82) is 0 Å². The minimum Gasteiger partial charge on any atom is -0.496 e. The van der Waals surface area contributed by atoms with Crippen LogP contribution in [0.5, 0.6) is 11.5 Å². The van der Waals surface area contributed by atoms with Crippen LogP contribution in [0, 0.1) is 0 Å². The number of aliphatic hydroxyl groups is 1. The number of rotatable bonds is 4. The lowest BCUT2D eigenvalue weighted by atomic mass is 9.99. The first-order valence-electron chi connectivity index (χ1n) is 5.92. The van der Waals surface area contributed by atoms with Crippen LogP contribution in [0.2, 0.25) is 0 Å². The predicted molar refractivity (Wildman–Crippen MR) is 85.4 cm³/mol. The van der Waals surface area contributed by atoms with Gasteiger partial charge < -0.3 is 14.6 Å². The molecule has 2 aromatic rings. The van der Waals surface area contributed by atoms with E-state index in [2.05, 4.69) is 31.9 Å². The molecular weight excluding hydrogens is 388 g/mol. The van der Waals surface area contributed by atoms with Crippen molar-refractivity contribution in [3.63, 3.8) is 0 Å². The Morgan fingerprint density at radius 2 is 1.60 bits per heavy atom. The second kappa shape index (κ2) is 6.61. The first kappa shape index (κ1) is 15.4. The van der Waals surface area contributed by atoms with Crippen molar-refractivity contribution >= 4 is 31.9 Å². The lowest BCUT2D eigenvalue weighted by Gasteiger charge is -2.19. The predicted octanol–water partition coefficient (Wildman–Crippen LogP) is 4.31. The topological polar surface area (TPSA) is 38.7 Å². The van der Waals surface area contributed by atoms with Crippen molar-refractivity contribution in [1.82, 2.24) is 0 Å². The highest BCUT2D eigenvalue weighted by molar-refractivity contribution is 9.11. The first-order chi connectivity index (χ1) is 9.58. The third-order valence-corrected chi connectivity index (χ3v) is 4.18. The highest BCUT2D eigenvalue weighted by Crippen LogP contribution is 2.39. The number of hydrogen-bond acceptors (Lipinski definition) is 3. The van der Waals surface area contributed by atoms with Crippen molar-refractivity contribution < 1.29 is 14.6 Å². The summed E-state index contributed by atoms with van der Waals surface area (Å²) < 4.78 is 12.4. The molecule has 2 rings (SSSR count). The van der Waals surface area contributed by atoms with E-state index < -0.39 is 6.10 Å². The Morgan fingerprint density at radius 1 is 1.00 bits per heavy atom. The summed E-state index contributed by atoms with van der Waals surface area (Å²) in [4.78, 5) is 0. The molecule has 0 saturated carbocycles. The number of methoxy groups -OCH3 is 2. The monoisotopic (exact) mass is 400 g/mol. The Balaban J connectivity index is 2.55. The highest BCUT2D eigenvalue weighted by Gasteiger charge is 2.22. The molecule has 0 bridgehead atoms. The van der Waals surface area contributed by atoms with Crippen LogP contribution in [0.25, 0.3) is 0 Å². The van der Waals surface area contributed by atoms with Crippen molar-refractivity contribution in [2.24, 2.45) is 0 Å². The molecule has 1 N–H and O–H groups in total. The van der Waals surface area contributed by atoms with Crippen LogP contribution in [0.1, 0.15) is 17.2 Å². The normalized spacial score (nSPS) is 12.1. The molecule has 106 valence electrons. The van der Waals surface area contributed by atoms with Crippen LogP contribution in [0.4, 0.5) is 0 Å². The smallest absolute Gasteiger partial charge is 0.128 e. The van der Waals surface area contributed by atoms with E-state index in [-0.39, 0.29) is 0 Å². The zero-order valence-corrected chi connectivity index (χ0v) is 14.2. The largest absolute Gasteiger partial charge is 0.496 e. The van der Waals surface area contributed by atoms with Crippen LogP contribution >= 0.6 is 31.9 Å². The minimum atomic E-state index is -0.844. The molecule has 0 aliphatic heterocycles. The van der Waals surface area contributed by atoms with Crippen LogP contribution in [-0.2, 0) is 0 Å². The van der Waals surface area contributed by atoms with Gasteiger partial charge in [-0.25, -0.2) is 0 Å². The van der Waals surface area contributed by atoms with Gasteiger partial charge in [-0.1, -0.05) is 44.0 Å². The minimum absolute atomic E-state index is 0.590. The highest BCUT2D eigenvalue weighted by atomic mass is 79.9. The summed E-state index contributed by atoms with van der Waals surface area (Å²) in [6, 6.07) is 11.0. The van der Waals surface area contributed by atoms with Gasteiger partial charge in [0.05, 0.1) is 19.8 Å². The average Bonchev–Trinajstić information content (AvgIpc) is 2.45. The van der Waals surface area contributed by atoms with E-state index in [0.717, 1.165) is 14.5 Å². The van der Waals surface area contributed by atoms with Gasteiger partial charge in [0.2, 0.25) is 0 Å². The Hall–Kier alpha value is -1.04. The van der Waals surface area contributed by atoms with E-state index in [4.69, 9.17) is 9.47 Å². The molecule has 0 amide bonds. The Bertz CT molecular complexity index is 592. The summed E-state index contributed by atoms with van der Waals surface area (Å²) in [5, 5.41) is 10.7. The molecule has 0 saturated heterocycles. The lowest BCUT2D eigenvalue weighted by Crippen LogP contribution is -2.05. The molecule has 0 aliphatic carbocycles. The fraction of sp³-hybridized carbons (Fsp3) is 0.200. The van der Waals surface area contributed by atoms with Crippen molar-refractivity contribution in [2.75, 3.05) is 14.2 Å². The van der Waals surface area contributed by atoms with Gasteiger partial charge in [-0.15, -0.1) is 0 Å². The van der Waals surface area contributed by atoms with Gasteiger partial charge in [-0.2, -0.15) is 0 Å². The molecule has 1 atom stereocenters. The molecule has 5 heteroatoms. The average molecular weight is 402 g/mol. The number of ether oxygens (including phenoxy) is 2. The summed E-state index contributed by atoms with van der Waals surface area (Å²) in [7, 11) is 3.14. The molecule has 0 fully saturated rings.